The molecule has 5 nitrogen and oxygen atoms in total. The number of sulfone groups is 1. The molecule has 1 aliphatic rings. The summed E-state index contributed by atoms with van der Waals surface area (Å²) in [6.45, 7) is 4.18. The lowest BCUT2D eigenvalue weighted by molar-refractivity contribution is 0.583. The predicted octanol–water partition coefficient (Wildman–Crippen LogP) is -0.124. The van der Waals surface area contributed by atoms with Crippen molar-refractivity contribution in [1.82, 2.24) is 5.32 Å². The zero-order valence-electron chi connectivity index (χ0n) is 9.45. The first-order valence-corrected chi connectivity index (χ1v) is 6.92. The van der Waals surface area contributed by atoms with Gasteiger partial charge in [0.2, 0.25) is 0 Å². The highest BCUT2D eigenvalue weighted by atomic mass is 32.2. The largest absolute Gasteiger partial charge is 0.370 e. The zero-order valence-corrected chi connectivity index (χ0v) is 10.3. The van der Waals surface area contributed by atoms with Crippen molar-refractivity contribution in [3.63, 3.8) is 0 Å². The minimum atomic E-state index is -3.01. The van der Waals surface area contributed by atoms with Gasteiger partial charge in [-0.05, 0) is 26.7 Å². The molecule has 0 aliphatic heterocycles. The SMILES string of the molecule is CC(C)NC(N)=NCC1(S(C)(=O)=O)CC1. The van der Waals surface area contributed by atoms with Gasteiger partial charge in [0.15, 0.2) is 15.8 Å². The summed E-state index contributed by atoms with van der Waals surface area (Å²) in [7, 11) is -3.01. The van der Waals surface area contributed by atoms with Gasteiger partial charge < -0.3 is 11.1 Å². The Morgan fingerprint density at radius 3 is 2.40 bits per heavy atom. The van der Waals surface area contributed by atoms with Crippen LogP contribution in [0.4, 0.5) is 0 Å². The van der Waals surface area contributed by atoms with E-state index in [2.05, 4.69) is 10.3 Å². The van der Waals surface area contributed by atoms with Gasteiger partial charge in [-0.1, -0.05) is 0 Å². The van der Waals surface area contributed by atoms with Crippen LogP contribution in [0.3, 0.4) is 0 Å². The Bertz CT molecular complexity index is 356. The van der Waals surface area contributed by atoms with E-state index in [9.17, 15) is 8.42 Å². The number of nitrogens with zero attached hydrogens (tertiary/aromatic N) is 1. The first-order valence-electron chi connectivity index (χ1n) is 5.03. The Labute approximate surface area is 91.1 Å². The van der Waals surface area contributed by atoms with Crippen molar-refractivity contribution >= 4 is 15.8 Å². The average molecular weight is 233 g/mol. The molecule has 0 heterocycles. The van der Waals surface area contributed by atoms with Crippen LogP contribution < -0.4 is 11.1 Å². The number of guanidine groups is 1. The second kappa shape index (κ2) is 4.00. The van der Waals surface area contributed by atoms with Crippen LogP contribution in [0.15, 0.2) is 4.99 Å². The van der Waals surface area contributed by atoms with E-state index in [1.165, 1.54) is 6.26 Å². The van der Waals surface area contributed by atoms with E-state index in [0.717, 1.165) is 0 Å². The van der Waals surface area contributed by atoms with E-state index in [1.54, 1.807) is 0 Å². The molecule has 1 rings (SSSR count). The molecular formula is C9H19N3O2S. The summed E-state index contributed by atoms with van der Waals surface area (Å²) in [6, 6.07) is 0.210. The Hall–Kier alpha value is -0.780. The van der Waals surface area contributed by atoms with Crippen LogP contribution >= 0.6 is 0 Å². The summed E-state index contributed by atoms with van der Waals surface area (Å²) < 4.78 is 22.2. The molecule has 0 unspecified atom stereocenters. The second-order valence-electron chi connectivity index (χ2n) is 4.46. The van der Waals surface area contributed by atoms with Gasteiger partial charge in [0.05, 0.1) is 11.3 Å². The zero-order chi connectivity index (χ0) is 11.7. The van der Waals surface area contributed by atoms with Gasteiger partial charge in [0.25, 0.3) is 0 Å². The first-order chi connectivity index (χ1) is 6.77. The van der Waals surface area contributed by atoms with E-state index in [0.29, 0.717) is 18.8 Å². The first kappa shape index (κ1) is 12.3. The smallest absolute Gasteiger partial charge is 0.188 e. The molecule has 1 aliphatic carbocycles. The van der Waals surface area contributed by atoms with Crippen molar-refractivity contribution < 1.29 is 8.42 Å². The molecule has 0 radical (unpaired) electrons. The van der Waals surface area contributed by atoms with Crippen LogP contribution in [-0.2, 0) is 9.84 Å². The third kappa shape index (κ3) is 3.09. The second-order valence-corrected chi connectivity index (χ2v) is 6.87. The van der Waals surface area contributed by atoms with E-state index in [1.807, 2.05) is 13.8 Å². The number of hydrogen-bond donors (Lipinski definition) is 2. The highest BCUT2D eigenvalue weighted by Crippen LogP contribution is 2.43. The van der Waals surface area contributed by atoms with Crippen LogP contribution in [0, 0.1) is 0 Å². The lowest BCUT2D eigenvalue weighted by atomic mass is 10.4. The van der Waals surface area contributed by atoms with Crippen molar-refractivity contribution in [1.29, 1.82) is 0 Å². The van der Waals surface area contributed by atoms with Crippen LogP contribution in [0.2, 0.25) is 0 Å². The third-order valence-electron chi connectivity index (χ3n) is 2.57. The maximum absolute atomic E-state index is 11.4. The maximum atomic E-state index is 11.4. The number of rotatable bonds is 4. The van der Waals surface area contributed by atoms with Crippen LogP contribution in [0.5, 0.6) is 0 Å². The monoisotopic (exact) mass is 233 g/mol. The van der Waals surface area contributed by atoms with Crippen molar-refractivity contribution in [3.8, 4) is 0 Å². The highest BCUT2D eigenvalue weighted by molar-refractivity contribution is 7.92. The van der Waals surface area contributed by atoms with Crippen molar-refractivity contribution in [2.45, 2.75) is 37.5 Å². The topological polar surface area (TPSA) is 84.5 Å². The van der Waals surface area contributed by atoms with Crippen LogP contribution in [-0.4, -0.2) is 38.0 Å². The summed E-state index contributed by atoms with van der Waals surface area (Å²) in [5.41, 5.74) is 5.60. The molecule has 3 N–H and O–H groups in total. The van der Waals surface area contributed by atoms with E-state index < -0.39 is 14.6 Å². The molecule has 1 saturated carbocycles. The van der Waals surface area contributed by atoms with Gasteiger partial charge in [0.1, 0.15) is 0 Å². The van der Waals surface area contributed by atoms with Gasteiger partial charge in [-0.3, -0.25) is 4.99 Å². The summed E-state index contributed by atoms with van der Waals surface area (Å²) in [5, 5.41) is 2.93. The molecule has 0 aromatic rings. The quantitative estimate of drug-likeness (QED) is 0.523. The molecule has 0 saturated heterocycles. The number of aliphatic imine (C=N–C) groups is 1. The summed E-state index contributed by atoms with van der Waals surface area (Å²) in [6.07, 6.45) is 2.66. The standard InChI is InChI=1S/C9H19N3O2S/c1-7(2)12-8(10)11-6-9(4-5-9)15(3,13)14/h7H,4-6H2,1-3H3,(H3,10,11,12). The van der Waals surface area contributed by atoms with Gasteiger partial charge >= 0.3 is 0 Å². The van der Waals surface area contributed by atoms with Gasteiger partial charge in [-0.2, -0.15) is 0 Å². The molecule has 6 heteroatoms. The lowest BCUT2D eigenvalue weighted by Gasteiger charge is -2.12. The minimum absolute atomic E-state index is 0.210. The van der Waals surface area contributed by atoms with E-state index in [-0.39, 0.29) is 12.6 Å². The molecule has 1 fully saturated rings. The molecule has 0 atom stereocenters. The number of nitrogens with two attached hydrogens (primary N) is 1. The molecule has 0 aromatic carbocycles. The molecule has 0 amide bonds. The molecular weight excluding hydrogens is 214 g/mol. The van der Waals surface area contributed by atoms with Crippen LogP contribution in [0.25, 0.3) is 0 Å². The molecule has 15 heavy (non-hydrogen) atoms. The fourth-order valence-electron chi connectivity index (χ4n) is 1.36. The molecule has 0 bridgehead atoms. The Kier molecular flexibility index (Phi) is 3.28. The average Bonchev–Trinajstić information content (AvgIpc) is 2.78. The lowest BCUT2D eigenvalue weighted by Crippen LogP contribution is -2.38. The van der Waals surface area contributed by atoms with Gasteiger partial charge in [0, 0.05) is 12.3 Å². The van der Waals surface area contributed by atoms with E-state index >= 15 is 0 Å². The Morgan fingerprint density at radius 2 is 2.07 bits per heavy atom. The van der Waals surface area contributed by atoms with Crippen molar-refractivity contribution in [3.05, 3.63) is 0 Å². The number of nitrogens with one attached hydrogen (secondary N) is 1. The normalized spacial score (nSPS) is 20.4. The van der Waals surface area contributed by atoms with Crippen molar-refractivity contribution in [2.24, 2.45) is 10.7 Å². The van der Waals surface area contributed by atoms with Crippen LogP contribution in [0.1, 0.15) is 26.7 Å². The summed E-state index contributed by atoms with van der Waals surface area (Å²) in [5.74, 6) is 0.319. The van der Waals surface area contributed by atoms with E-state index in [4.69, 9.17) is 5.73 Å². The fraction of sp³-hybridized carbons (Fsp3) is 0.889. The summed E-state index contributed by atoms with van der Waals surface area (Å²) in [4.78, 5) is 4.07. The van der Waals surface area contributed by atoms with Crippen molar-refractivity contribution in [2.75, 3.05) is 12.8 Å². The fourth-order valence-corrected chi connectivity index (χ4v) is 2.50. The minimum Gasteiger partial charge on any atom is -0.370 e. The third-order valence-corrected chi connectivity index (χ3v) is 4.68. The molecule has 88 valence electrons. The van der Waals surface area contributed by atoms with Gasteiger partial charge in [-0.25, -0.2) is 8.42 Å². The maximum Gasteiger partial charge on any atom is 0.188 e. The number of hydrogen-bond acceptors (Lipinski definition) is 3. The van der Waals surface area contributed by atoms with Gasteiger partial charge in [-0.15, -0.1) is 0 Å². The Morgan fingerprint density at radius 1 is 1.53 bits per heavy atom. The Balaban J connectivity index is 2.57. The molecule has 0 spiro atoms. The predicted molar refractivity (Wildman–Crippen MR) is 61.6 cm³/mol. The molecule has 0 aromatic heterocycles. The highest BCUT2D eigenvalue weighted by Gasteiger charge is 2.51. The summed E-state index contributed by atoms with van der Waals surface area (Å²) >= 11 is 0.